The number of esters is 1. The number of ether oxygens (including phenoxy) is 1. The number of allylic oxidation sites excluding steroid dienone is 1. The number of carbonyl (C=O) groups excluding carboxylic acids is 1. The van der Waals surface area contributed by atoms with Crippen LogP contribution in [0.4, 0.5) is 0 Å². The Morgan fingerprint density at radius 3 is 2.17 bits per heavy atom. The van der Waals surface area contributed by atoms with Crippen molar-refractivity contribution < 1.29 is 19.7 Å². The Labute approximate surface area is 71.7 Å². The lowest BCUT2D eigenvalue weighted by molar-refractivity contribution is -0.215. The van der Waals surface area contributed by atoms with E-state index in [2.05, 4.69) is 4.89 Å². The molecule has 4 nitrogen and oxygen atoms in total. The fraction of sp³-hybridized carbons (Fsp3) is 0.625. The maximum absolute atomic E-state index is 11.0. The third-order valence-electron chi connectivity index (χ3n) is 0.961. The highest BCUT2D eigenvalue weighted by atomic mass is 17.1. The van der Waals surface area contributed by atoms with Gasteiger partial charge < -0.3 is 9.62 Å². The number of hydrogen-bond acceptors (Lipinski definition) is 4. The summed E-state index contributed by atoms with van der Waals surface area (Å²) in [6.45, 7) is 6.76. The zero-order valence-corrected chi connectivity index (χ0v) is 7.75. The molecule has 0 saturated heterocycles. The first-order valence-electron chi connectivity index (χ1n) is 3.62. The second kappa shape index (κ2) is 4.11. The predicted octanol–water partition coefficient (Wildman–Crippen LogP) is 1.72. The summed E-state index contributed by atoms with van der Waals surface area (Å²) in [5.74, 6) is -0.877. The molecular weight excluding hydrogens is 160 g/mol. The summed E-state index contributed by atoms with van der Waals surface area (Å²) < 4.78 is 4.89. The van der Waals surface area contributed by atoms with Crippen LogP contribution in [0.5, 0.6) is 0 Å². The Bertz CT molecular complexity index is 188. The van der Waals surface area contributed by atoms with Crippen LogP contribution in [0.2, 0.25) is 0 Å². The van der Waals surface area contributed by atoms with E-state index in [0.29, 0.717) is 0 Å². The second-order valence-electron chi connectivity index (χ2n) is 3.25. The minimum Gasteiger partial charge on any atom is -0.454 e. The molecule has 0 amide bonds. The molecule has 4 heteroatoms. The normalized spacial score (nSPS) is 12.6. The van der Waals surface area contributed by atoms with Gasteiger partial charge in [0.1, 0.15) is 5.60 Å². The van der Waals surface area contributed by atoms with Crippen LogP contribution in [-0.4, -0.2) is 16.8 Å². The van der Waals surface area contributed by atoms with Gasteiger partial charge in [0, 0.05) is 0 Å². The average molecular weight is 174 g/mol. The van der Waals surface area contributed by atoms with E-state index in [1.165, 1.54) is 6.08 Å². The molecule has 0 aliphatic rings. The topological polar surface area (TPSA) is 55.8 Å². The van der Waals surface area contributed by atoms with Crippen molar-refractivity contribution in [3.05, 3.63) is 11.8 Å². The first-order valence-corrected chi connectivity index (χ1v) is 3.62. The molecule has 0 atom stereocenters. The minimum absolute atomic E-state index is 0.204. The predicted molar refractivity (Wildman–Crippen MR) is 43.3 cm³/mol. The van der Waals surface area contributed by atoms with Gasteiger partial charge in [0.15, 0.2) is 0 Å². The quantitative estimate of drug-likeness (QED) is 0.228. The Morgan fingerprint density at radius 2 is 1.92 bits per heavy atom. The van der Waals surface area contributed by atoms with Crippen LogP contribution < -0.4 is 0 Å². The first-order chi connectivity index (χ1) is 5.40. The summed E-state index contributed by atoms with van der Waals surface area (Å²) in [5.41, 5.74) is -0.579. The van der Waals surface area contributed by atoms with Crippen molar-refractivity contribution in [1.29, 1.82) is 0 Å². The molecule has 70 valence electrons. The maximum atomic E-state index is 11.0. The van der Waals surface area contributed by atoms with E-state index >= 15 is 0 Å². The maximum Gasteiger partial charge on any atom is 0.377 e. The van der Waals surface area contributed by atoms with E-state index in [9.17, 15) is 4.79 Å². The van der Waals surface area contributed by atoms with Gasteiger partial charge in [-0.25, -0.2) is 10.1 Å². The lowest BCUT2D eigenvalue weighted by Crippen LogP contribution is -2.25. The summed E-state index contributed by atoms with van der Waals surface area (Å²) >= 11 is 0. The molecule has 0 fully saturated rings. The SMILES string of the molecule is CC=C(OO)C(=O)OC(C)(C)C. The van der Waals surface area contributed by atoms with E-state index in [4.69, 9.17) is 9.99 Å². The highest BCUT2D eigenvalue weighted by Crippen LogP contribution is 2.10. The van der Waals surface area contributed by atoms with Gasteiger partial charge in [0.2, 0.25) is 5.76 Å². The van der Waals surface area contributed by atoms with E-state index in [1.807, 2.05) is 0 Å². The van der Waals surface area contributed by atoms with Crippen molar-refractivity contribution in [2.45, 2.75) is 33.3 Å². The van der Waals surface area contributed by atoms with E-state index < -0.39 is 11.6 Å². The minimum atomic E-state index is -0.674. The van der Waals surface area contributed by atoms with Crippen LogP contribution in [-0.2, 0) is 14.4 Å². The van der Waals surface area contributed by atoms with Gasteiger partial charge in [-0.05, 0) is 33.8 Å². The molecule has 0 bridgehead atoms. The summed E-state index contributed by atoms with van der Waals surface area (Å²) in [4.78, 5) is 14.8. The first kappa shape index (κ1) is 11.0. The van der Waals surface area contributed by atoms with Crippen LogP contribution in [0.15, 0.2) is 11.8 Å². The van der Waals surface area contributed by atoms with Gasteiger partial charge >= 0.3 is 5.97 Å². The molecule has 0 aliphatic carbocycles. The molecule has 0 aliphatic heterocycles. The van der Waals surface area contributed by atoms with Crippen molar-refractivity contribution in [1.82, 2.24) is 0 Å². The Morgan fingerprint density at radius 1 is 1.42 bits per heavy atom. The fourth-order valence-electron chi connectivity index (χ4n) is 0.536. The van der Waals surface area contributed by atoms with Crippen LogP contribution >= 0.6 is 0 Å². The summed E-state index contributed by atoms with van der Waals surface area (Å²) in [6, 6.07) is 0. The second-order valence-corrected chi connectivity index (χ2v) is 3.25. The van der Waals surface area contributed by atoms with Crippen LogP contribution in [0, 0.1) is 0 Å². The van der Waals surface area contributed by atoms with Gasteiger partial charge in [-0.1, -0.05) is 0 Å². The zero-order chi connectivity index (χ0) is 9.78. The molecule has 0 unspecified atom stereocenters. The van der Waals surface area contributed by atoms with E-state index in [-0.39, 0.29) is 5.76 Å². The smallest absolute Gasteiger partial charge is 0.377 e. The van der Waals surface area contributed by atoms with Crippen molar-refractivity contribution in [2.24, 2.45) is 0 Å². The molecule has 0 aromatic carbocycles. The molecule has 0 rings (SSSR count). The third-order valence-corrected chi connectivity index (χ3v) is 0.961. The number of carbonyl (C=O) groups is 1. The number of hydrogen-bond donors (Lipinski definition) is 1. The van der Waals surface area contributed by atoms with Gasteiger partial charge in [-0.15, -0.1) is 0 Å². The zero-order valence-electron chi connectivity index (χ0n) is 7.75. The molecule has 0 aromatic rings. The molecular formula is C8H14O4. The molecule has 0 spiro atoms. The Balaban J connectivity index is 4.23. The third kappa shape index (κ3) is 3.98. The largest absolute Gasteiger partial charge is 0.454 e. The van der Waals surface area contributed by atoms with Gasteiger partial charge in [-0.2, -0.15) is 0 Å². The lowest BCUT2D eigenvalue weighted by Gasteiger charge is -2.19. The summed E-state index contributed by atoms with van der Waals surface area (Å²) in [6.07, 6.45) is 1.33. The van der Waals surface area contributed by atoms with Gasteiger partial charge in [-0.3, -0.25) is 0 Å². The van der Waals surface area contributed by atoms with Crippen molar-refractivity contribution in [3.8, 4) is 0 Å². The lowest BCUT2D eigenvalue weighted by atomic mass is 10.2. The standard InChI is InChI=1S/C8H14O4/c1-5-6(12-10)7(9)11-8(2,3)4/h5,10H,1-4H3. The van der Waals surface area contributed by atoms with Gasteiger partial charge in [0.25, 0.3) is 0 Å². The monoisotopic (exact) mass is 174 g/mol. The Hall–Kier alpha value is -1.03. The van der Waals surface area contributed by atoms with E-state index in [1.54, 1.807) is 27.7 Å². The Kier molecular flexibility index (Phi) is 3.76. The molecule has 0 heterocycles. The molecule has 0 saturated carbocycles. The average Bonchev–Trinajstić information content (AvgIpc) is 1.85. The van der Waals surface area contributed by atoms with Gasteiger partial charge in [0.05, 0.1) is 0 Å². The van der Waals surface area contributed by atoms with Crippen LogP contribution in [0.3, 0.4) is 0 Å². The van der Waals surface area contributed by atoms with E-state index in [0.717, 1.165) is 0 Å². The van der Waals surface area contributed by atoms with Crippen molar-refractivity contribution >= 4 is 5.97 Å². The van der Waals surface area contributed by atoms with Crippen LogP contribution in [0.1, 0.15) is 27.7 Å². The summed E-state index contributed by atoms with van der Waals surface area (Å²) in [7, 11) is 0. The molecule has 0 aromatic heterocycles. The van der Waals surface area contributed by atoms with Crippen LogP contribution in [0.25, 0.3) is 0 Å². The van der Waals surface area contributed by atoms with Crippen molar-refractivity contribution in [2.75, 3.05) is 0 Å². The highest BCUT2D eigenvalue weighted by Gasteiger charge is 2.20. The van der Waals surface area contributed by atoms with Crippen molar-refractivity contribution in [3.63, 3.8) is 0 Å². The fourth-order valence-corrected chi connectivity index (χ4v) is 0.536. The number of rotatable bonds is 2. The molecule has 12 heavy (non-hydrogen) atoms. The highest BCUT2D eigenvalue weighted by molar-refractivity contribution is 5.86. The molecule has 0 radical (unpaired) electrons. The molecule has 1 N–H and O–H groups in total. The summed E-state index contributed by atoms with van der Waals surface area (Å²) in [5, 5.41) is 8.22.